The van der Waals surface area contributed by atoms with Crippen molar-refractivity contribution < 1.29 is 0 Å². The van der Waals surface area contributed by atoms with Crippen molar-refractivity contribution in [1.82, 2.24) is 4.90 Å². The van der Waals surface area contributed by atoms with Gasteiger partial charge in [0.2, 0.25) is 0 Å². The van der Waals surface area contributed by atoms with E-state index < -0.39 is 0 Å². The minimum absolute atomic E-state index is 0.774. The number of halogens is 1. The van der Waals surface area contributed by atoms with E-state index in [2.05, 4.69) is 48.0 Å². The van der Waals surface area contributed by atoms with Crippen LogP contribution in [0.3, 0.4) is 0 Å². The summed E-state index contributed by atoms with van der Waals surface area (Å²) in [6, 6.07) is 0. The van der Waals surface area contributed by atoms with Crippen LogP contribution in [0.15, 0.2) is 0 Å². The maximum Gasteiger partial charge on any atom is 0.00743 e. The third kappa shape index (κ3) is 6.81. The molecule has 0 fully saturated rings. The maximum atomic E-state index is 3.58. The smallest absolute Gasteiger partial charge is 0.00743 e. The lowest BCUT2D eigenvalue weighted by atomic mass is 9.98. The van der Waals surface area contributed by atoms with Crippen molar-refractivity contribution in [2.45, 2.75) is 13.8 Å². The zero-order valence-corrected chi connectivity index (χ0v) is 11.6. The zero-order valence-electron chi connectivity index (χ0n) is 9.22. The highest BCUT2D eigenvalue weighted by Gasteiger charge is 2.13. The molecule has 0 amide bonds. The average molecular weight is 268 g/mol. The Balaban J connectivity index is 3.66. The molecule has 1 nitrogen and oxygen atoms in total. The van der Waals surface area contributed by atoms with Gasteiger partial charge in [0.15, 0.2) is 0 Å². The number of rotatable bonds is 7. The lowest BCUT2D eigenvalue weighted by Gasteiger charge is -2.25. The van der Waals surface area contributed by atoms with E-state index in [1.165, 1.54) is 18.8 Å². The first-order valence-corrected chi connectivity index (χ1v) is 7.36. The van der Waals surface area contributed by atoms with Crippen LogP contribution in [0.25, 0.3) is 0 Å². The van der Waals surface area contributed by atoms with E-state index in [0.29, 0.717) is 0 Å². The molecule has 80 valence electrons. The number of hydrogen-bond donors (Lipinski definition) is 0. The Kier molecular flexibility index (Phi) is 8.62. The molecule has 0 aromatic carbocycles. The van der Waals surface area contributed by atoms with Crippen molar-refractivity contribution >= 4 is 27.7 Å². The molecule has 0 aliphatic carbocycles. The van der Waals surface area contributed by atoms with E-state index in [4.69, 9.17) is 0 Å². The standard InChI is InChI=1S/C10H22BrNS/c1-9(2)10(7-11)8-12(3)5-6-13-4/h9-10H,5-8H2,1-4H3. The summed E-state index contributed by atoms with van der Waals surface area (Å²) in [7, 11) is 2.22. The second-order valence-corrected chi connectivity index (χ2v) is 5.55. The molecule has 0 rings (SSSR count). The number of thioether (sulfide) groups is 1. The van der Waals surface area contributed by atoms with E-state index in [9.17, 15) is 0 Å². The topological polar surface area (TPSA) is 3.24 Å². The molecule has 0 bridgehead atoms. The fourth-order valence-electron chi connectivity index (χ4n) is 1.18. The van der Waals surface area contributed by atoms with Gasteiger partial charge in [0.05, 0.1) is 0 Å². The molecule has 0 saturated heterocycles. The van der Waals surface area contributed by atoms with Crippen LogP contribution in [0.2, 0.25) is 0 Å². The summed E-state index contributed by atoms with van der Waals surface area (Å²) in [5.41, 5.74) is 0. The first-order chi connectivity index (χ1) is 6.11. The fraction of sp³-hybridized carbons (Fsp3) is 1.00. The fourth-order valence-corrected chi connectivity index (χ4v) is 2.62. The SMILES string of the molecule is CSCCN(C)CC(CBr)C(C)C. The minimum Gasteiger partial charge on any atom is -0.305 e. The molecule has 0 aliphatic rings. The molecule has 0 N–H and O–H groups in total. The molecule has 3 heteroatoms. The molecule has 0 aliphatic heterocycles. The van der Waals surface area contributed by atoms with Gasteiger partial charge >= 0.3 is 0 Å². The molecule has 0 aromatic heterocycles. The number of nitrogens with zero attached hydrogens (tertiary/aromatic N) is 1. The monoisotopic (exact) mass is 267 g/mol. The first-order valence-electron chi connectivity index (χ1n) is 4.85. The van der Waals surface area contributed by atoms with Crippen LogP contribution in [0.4, 0.5) is 0 Å². The van der Waals surface area contributed by atoms with Crippen molar-refractivity contribution in [3.63, 3.8) is 0 Å². The zero-order chi connectivity index (χ0) is 10.3. The summed E-state index contributed by atoms with van der Waals surface area (Å²) >= 11 is 5.50. The van der Waals surface area contributed by atoms with Gasteiger partial charge in [-0.25, -0.2) is 0 Å². The van der Waals surface area contributed by atoms with E-state index in [-0.39, 0.29) is 0 Å². The van der Waals surface area contributed by atoms with Crippen LogP contribution < -0.4 is 0 Å². The van der Waals surface area contributed by atoms with Gasteiger partial charge in [0.1, 0.15) is 0 Å². The van der Waals surface area contributed by atoms with Gasteiger partial charge in [-0.2, -0.15) is 11.8 Å². The Morgan fingerprint density at radius 1 is 1.38 bits per heavy atom. The van der Waals surface area contributed by atoms with Crippen molar-refractivity contribution in [1.29, 1.82) is 0 Å². The minimum atomic E-state index is 0.774. The highest BCUT2D eigenvalue weighted by Crippen LogP contribution is 2.14. The molecule has 0 spiro atoms. The second kappa shape index (κ2) is 8.13. The Morgan fingerprint density at radius 2 is 2.00 bits per heavy atom. The van der Waals surface area contributed by atoms with Gasteiger partial charge in [0.25, 0.3) is 0 Å². The highest BCUT2D eigenvalue weighted by atomic mass is 79.9. The molecule has 0 saturated carbocycles. The summed E-state index contributed by atoms with van der Waals surface area (Å²) in [6.07, 6.45) is 2.16. The van der Waals surface area contributed by atoms with E-state index in [1.807, 2.05) is 11.8 Å². The predicted octanol–water partition coefficient (Wildman–Crippen LogP) is 2.95. The lowest BCUT2D eigenvalue weighted by Crippen LogP contribution is -2.31. The summed E-state index contributed by atoms with van der Waals surface area (Å²) in [5.74, 6) is 2.80. The van der Waals surface area contributed by atoms with E-state index in [0.717, 1.165) is 17.2 Å². The summed E-state index contributed by atoms with van der Waals surface area (Å²) in [5, 5.41) is 1.12. The normalized spacial score (nSPS) is 14.1. The van der Waals surface area contributed by atoms with Crippen LogP contribution >= 0.6 is 27.7 Å². The van der Waals surface area contributed by atoms with Gasteiger partial charge in [0, 0.05) is 24.2 Å². The van der Waals surface area contributed by atoms with Gasteiger partial charge in [-0.15, -0.1) is 0 Å². The second-order valence-electron chi connectivity index (χ2n) is 3.91. The van der Waals surface area contributed by atoms with Crippen LogP contribution in [-0.2, 0) is 0 Å². The van der Waals surface area contributed by atoms with Crippen LogP contribution in [0.1, 0.15) is 13.8 Å². The quantitative estimate of drug-likeness (QED) is 0.653. The van der Waals surface area contributed by atoms with Crippen LogP contribution in [0, 0.1) is 11.8 Å². The van der Waals surface area contributed by atoms with E-state index in [1.54, 1.807) is 0 Å². The lowest BCUT2D eigenvalue weighted by molar-refractivity contribution is 0.265. The van der Waals surface area contributed by atoms with Crippen LogP contribution in [0.5, 0.6) is 0 Å². The van der Waals surface area contributed by atoms with E-state index >= 15 is 0 Å². The summed E-state index contributed by atoms with van der Waals surface area (Å²) in [6.45, 7) is 7.02. The van der Waals surface area contributed by atoms with Crippen molar-refractivity contribution in [2.24, 2.45) is 11.8 Å². The third-order valence-corrected chi connectivity index (χ3v) is 3.79. The Labute approximate surface area is 95.8 Å². The molecule has 1 unspecified atom stereocenters. The number of hydrogen-bond acceptors (Lipinski definition) is 2. The first kappa shape index (κ1) is 13.8. The van der Waals surface area contributed by atoms with Gasteiger partial charge in [-0.3, -0.25) is 0 Å². The third-order valence-electron chi connectivity index (χ3n) is 2.36. The summed E-state index contributed by atoms with van der Waals surface area (Å²) < 4.78 is 0. The average Bonchev–Trinajstić information content (AvgIpc) is 2.10. The van der Waals surface area contributed by atoms with Crippen LogP contribution in [-0.4, -0.2) is 42.4 Å². The van der Waals surface area contributed by atoms with Gasteiger partial charge < -0.3 is 4.90 Å². The van der Waals surface area contributed by atoms with Crippen molar-refractivity contribution in [2.75, 3.05) is 37.5 Å². The maximum absolute atomic E-state index is 3.58. The largest absolute Gasteiger partial charge is 0.305 e. The molecule has 1 atom stereocenters. The molecule has 0 radical (unpaired) electrons. The van der Waals surface area contributed by atoms with Crippen molar-refractivity contribution in [3.8, 4) is 0 Å². The summed E-state index contributed by atoms with van der Waals surface area (Å²) in [4.78, 5) is 2.43. The molecule has 0 aromatic rings. The predicted molar refractivity (Wildman–Crippen MR) is 68.0 cm³/mol. The molecule has 0 heterocycles. The van der Waals surface area contributed by atoms with Gasteiger partial charge in [-0.1, -0.05) is 29.8 Å². The Hall–Kier alpha value is 0.790. The Morgan fingerprint density at radius 3 is 2.38 bits per heavy atom. The Bertz CT molecular complexity index is 119. The molecular formula is C10H22BrNS. The molecule has 13 heavy (non-hydrogen) atoms. The van der Waals surface area contributed by atoms with Crippen molar-refractivity contribution in [3.05, 3.63) is 0 Å². The van der Waals surface area contributed by atoms with Gasteiger partial charge in [-0.05, 0) is 25.1 Å². The highest BCUT2D eigenvalue weighted by molar-refractivity contribution is 9.09. The molecular weight excluding hydrogens is 246 g/mol. The number of alkyl halides is 1.